The number of nitrogen functional groups attached to an aromatic ring is 1. The summed E-state index contributed by atoms with van der Waals surface area (Å²) in [5.74, 6) is 0.477. The molecule has 0 spiro atoms. The molecule has 1 amide bonds. The van der Waals surface area contributed by atoms with E-state index in [-0.39, 0.29) is 11.7 Å². The summed E-state index contributed by atoms with van der Waals surface area (Å²) in [6, 6.07) is 22.5. The lowest BCUT2D eigenvalue weighted by molar-refractivity contribution is -0.113. The first-order valence-corrected chi connectivity index (χ1v) is 9.22. The normalized spacial score (nSPS) is 10.5. The molecule has 0 aromatic heterocycles. The molecule has 0 fully saturated rings. The maximum atomic E-state index is 12.1. The summed E-state index contributed by atoms with van der Waals surface area (Å²) in [5.41, 5.74) is 9.61. The summed E-state index contributed by atoms with van der Waals surface area (Å²) in [6.07, 6.45) is 0.825. The molecular weight excluding hydrogens is 344 g/mol. The largest absolute Gasteiger partial charge is 0.508 e. The summed E-state index contributed by atoms with van der Waals surface area (Å²) in [5, 5.41) is 12.2. The van der Waals surface area contributed by atoms with Crippen molar-refractivity contribution in [3.05, 3.63) is 83.9 Å². The zero-order valence-electron chi connectivity index (χ0n) is 14.2. The fraction of sp³-hybridized carbons (Fsp3) is 0.0952. The molecule has 5 heteroatoms. The number of carbonyl (C=O) groups is 1. The summed E-state index contributed by atoms with van der Waals surface area (Å²) in [6.45, 7) is 0. The average Bonchev–Trinajstić information content (AvgIpc) is 2.65. The maximum absolute atomic E-state index is 12.1. The molecule has 0 aliphatic heterocycles. The van der Waals surface area contributed by atoms with Gasteiger partial charge in [-0.05, 0) is 66.1 Å². The number of thioether (sulfide) groups is 1. The van der Waals surface area contributed by atoms with Gasteiger partial charge >= 0.3 is 0 Å². The van der Waals surface area contributed by atoms with Gasteiger partial charge in [0, 0.05) is 16.3 Å². The van der Waals surface area contributed by atoms with Gasteiger partial charge in [-0.15, -0.1) is 11.8 Å². The lowest BCUT2D eigenvalue weighted by atomic mass is 10.0. The molecule has 0 unspecified atom stereocenters. The first kappa shape index (κ1) is 17.9. The molecule has 0 saturated carbocycles. The number of aromatic hydroxyl groups is 1. The topological polar surface area (TPSA) is 75.3 Å². The lowest BCUT2D eigenvalue weighted by Gasteiger charge is -2.07. The van der Waals surface area contributed by atoms with Gasteiger partial charge in [0.1, 0.15) is 5.75 Å². The highest BCUT2D eigenvalue weighted by molar-refractivity contribution is 8.00. The molecule has 0 aliphatic rings. The van der Waals surface area contributed by atoms with Crippen LogP contribution in [0.2, 0.25) is 0 Å². The first-order valence-electron chi connectivity index (χ1n) is 8.23. The molecule has 3 aromatic carbocycles. The van der Waals surface area contributed by atoms with E-state index in [0.29, 0.717) is 5.75 Å². The number of nitrogens with one attached hydrogen (secondary N) is 1. The number of amides is 1. The van der Waals surface area contributed by atoms with Crippen molar-refractivity contribution >= 4 is 29.0 Å². The Morgan fingerprint density at radius 2 is 1.46 bits per heavy atom. The maximum Gasteiger partial charge on any atom is 0.234 e. The van der Waals surface area contributed by atoms with Crippen molar-refractivity contribution < 1.29 is 9.90 Å². The molecule has 26 heavy (non-hydrogen) atoms. The van der Waals surface area contributed by atoms with Crippen LogP contribution in [0.4, 0.5) is 11.4 Å². The standard InChI is InChI=1S/C21H20N2O2S/c22-17-5-1-15(2-6-17)13-16-3-7-18(8-4-16)23-21(25)14-26-20-11-9-19(24)10-12-20/h1-12,24H,13-14,22H2,(H,23,25). The van der Waals surface area contributed by atoms with Crippen molar-refractivity contribution in [2.24, 2.45) is 0 Å². The van der Waals surface area contributed by atoms with E-state index in [1.54, 1.807) is 24.3 Å². The number of phenols is 1. The number of anilines is 2. The van der Waals surface area contributed by atoms with Crippen LogP contribution in [-0.4, -0.2) is 16.8 Å². The Hall–Kier alpha value is -2.92. The third-order valence-corrected chi connectivity index (χ3v) is 4.84. The first-order chi connectivity index (χ1) is 12.6. The predicted octanol–water partition coefficient (Wildman–Crippen LogP) is 4.30. The van der Waals surface area contributed by atoms with Crippen LogP contribution < -0.4 is 11.1 Å². The van der Waals surface area contributed by atoms with Crippen molar-refractivity contribution in [2.45, 2.75) is 11.3 Å². The molecular formula is C21H20N2O2S. The van der Waals surface area contributed by atoms with Crippen molar-refractivity contribution in [1.82, 2.24) is 0 Å². The van der Waals surface area contributed by atoms with Gasteiger partial charge in [0.2, 0.25) is 5.91 Å². The summed E-state index contributed by atoms with van der Waals surface area (Å²) in [4.78, 5) is 13.0. The number of hydrogen-bond donors (Lipinski definition) is 3. The van der Waals surface area contributed by atoms with Crippen LogP contribution in [0.15, 0.2) is 77.7 Å². The number of carbonyl (C=O) groups excluding carboxylic acids is 1. The van der Waals surface area contributed by atoms with E-state index >= 15 is 0 Å². The zero-order chi connectivity index (χ0) is 18.4. The Kier molecular flexibility index (Phi) is 5.81. The van der Waals surface area contributed by atoms with Crippen molar-refractivity contribution in [2.75, 3.05) is 16.8 Å². The van der Waals surface area contributed by atoms with Gasteiger partial charge < -0.3 is 16.2 Å². The van der Waals surface area contributed by atoms with E-state index in [9.17, 15) is 9.90 Å². The highest BCUT2D eigenvalue weighted by atomic mass is 32.2. The second-order valence-electron chi connectivity index (χ2n) is 5.95. The van der Waals surface area contributed by atoms with Crippen molar-refractivity contribution in [3.63, 3.8) is 0 Å². The van der Waals surface area contributed by atoms with Crippen LogP contribution in [0, 0.1) is 0 Å². The Labute approximate surface area is 157 Å². The molecule has 0 atom stereocenters. The van der Waals surface area contributed by atoms with Gasteiger partial charge in [-0.1, -0.05) is 24.3 Å². The number of rotatable bonds is 6. The average molecular weight is 364 g/mol. The quantitative estimate of drug-likeness (QED) is 0.450. The van der Waals surface area contributed by atoms with Crippen LogP contribution in [0.5, 0.6) is 5.75 Å². The summed E-state index contributed by atoms with van der Waals surface area (Å²) >= 11 is 1.43. The fourth-order valence-electron chi connectivity index (χ4n) is 2.47. The lowest BCUT2D eigenvalue weighted by Crippen LogP contribution is -2.13. The second-order valence-corrected chi connectivity index (χ2v) is 6.99. The minimum absolute atomic E-state index is 0.0608. The fourth-order valence-corrected chi connectivity index (χ4v) is 3.16. The van der Waals surface area contributed by atoms with E-state index < -0.39 is 0 Å². The number of benzene rings is 3. The minimum Gasteiger partial charge on any atom is -0.508 e. The number of nitrogens with two attached hydrogens (primary N) is 1. The van der Waals surface area contributed by atoms with E-state index in [2.05, 4.69) is 5.32 Å². The van der Waals surface area contributed by atoms with Gasteiger partial charge in [0.25, 0.3) is 0 Å². The highest BCUT2D eigenvalue weighted by Gasteiger charge is 2.04. The van der Waals surface area contributed by atoms with E-state index in [1.807, 2.05) is 48.5 Å². The van der Waals surface area contributed by atoms with Crippen LogP contribution in [0.25, 0.3) is 0 Å². The van der Waals surface area contributed by atoms with Crippen LogP contribution in [-0.2, 0) is 11.2 Å². The molecule has 0 aliphatic carbocycles. The Morgan fingerprint density at radius 1 is 0.885 bits per heavy atom. The minimum atomic E-state index is -0.0608. The summed E-state index contributed by atoms with van der Waals surface area (Å²) in [7, 11) is 0. The predicted molar refractivity (Wildman–Crippen MR) is 108 cm³/mol. The molecule has 0 bridgehead atoms. The van der Waals surface area contributed by atoms with Gasteiger partial charge in [-0.25, -0.2) is 0 Å². The van der Waals surface area contributed by atoms with Crippen molar-refractivity contribution in [3.8, 4) is 5.75 Å². The molecule has 3 aromatic rings. The van der Waals surface area contributed by atoms with Gasteiger partial charge in [-0.2, -0.15) is 0 Å². The SMILES string of the molecule is Nc1ccc(Cc2ccc(NC(=O)CSc3ccc(O)cc3)cc2)cc1. The molecule has 0 radical (unpaired) electrons. The van der Waals surface area contributed by atoms with Gasteiger partial charge in [-0.3, -0.25) is 4.79 Å². The van der Waals surface area contributed by atoms with E-state index in [0.717, 1.165) is 22.7 Å². The second kappa shape index (κ2) is 8.45. The summed E-state index contributed by atoms with van der Waals surface area (Å²) < 4.78 is 0. The van der Waals surface area contributed by atoms with Crippen LogP contribution in [0.1, 0.15) is 11.1 Å². The smallest absolute Gasteiger partial charge is 0.234 e. The molecule has 132 valence electrons. The number of phenolic OH excluding ortho intramolecular Hbond substituents is 1. The molecule has 4 nitrogen and oxygen atoms in total. The molecule has 4 N–H and O–H groups in total. The zero-order valence-corrected chi connectivity index (χ0v) is 15.0. The molecule has 0 heterocycles. The Bertz CT molecular complexity index is 860. The van der Waals surface area contributed by atoms with E-state index in [4.69, 9.17) is 5.73 Å². The van der Waals surface area contributed by atoms with E-state index in [1.165, 1.54) is 22.9 Å². The van der Waals surface area contributed by atoms with Gasteiger partial charge in [0.05, 0.1) is 5.75 Å². The van der Waals surface area contributed by atoms with Crippen LogP contribution >= 0.6 is 11.8 Å². The van der Waals surface area contributed by atoms with Crippen molar-refractivity contribution in [1.29, 1.82) is 0 Å². The third-order valence-electron chi connectivity index (χ3n) is 3.83. The van der Waals surface area contributed by atoms with Crippen LogP contribution in [0.3, 0.4) is 0 Å². The molecule has 3 rings (SSSR count). The number of hydrogen-bond acceptors (Lipinski definition) is 4. The van der Waals surface area contributed by atoms with Gasteiger partial charge in [0.15, 0.2) is 0 Å². The molecule has 0 saturated heterocycles. The Morgan fingerprint density at radius 3 is 2.08 bits per heavy atom. The third kappa shape index (κ3) is 5.29. The monoisotopic (exact) mass is 364 g/mol. The highest BCUT2D eigenvalue weighted by Crippen LogP contribution is 2.21. The Balaban J connectivity index is 1.50.